The van der Waals surface area contributed by atoms with Gasteiger partial charge in [0, 0.05) is 0 Å². The molecule has 1 aromatic carbocycles. The fourth-order valence-electron chi connectivity index (χ4n) is 1.37. The molecule has 0 atom stereocenters. The van der Waals surface area contributed by atoms with Gasteiger partial charge in [0.2, 0.25) is 0 Å². The van der Waals surface area contributed by atoms with Gasteiger partial charge in [0.05, 0.1) is 0 Å². The Morgan fingerprint density at radius 2 is 1.80 bits per heavy atom. The molecule has 2 nitrogen and oxygen atoms in total. The van der Waals surface area contributed by atoms with Crippen LogP contribution < -0.4 is 4.74 Å². The van der Waals surface area contributed by atoms with Gasteiger partial charge in [-0.15, -0.1) is 0 Å². The quantitative estimate of drug-likeness (QED) is 0.729. The van der Waals surface area contributed by atoms with Gasteiger partial charge in [0.1, 0.15) is 19.0 Å². The maximum atomic E-state index is 10.3. The molecule has 0 aliphatic heterocycles. The molecule has 83 valence electrons. The Hall–Kier alpha value is -1.02. The van der Waals surface area contributed by atoms with E-state index in [-0.39, 0.29) is 18.6 Å². The summed E-state index contributed by atoms with van der Waals surface area (Å²) in [5.41, 5.74) is 1.51. The van der Waals surface area contributed by atoms with Gasteiger partial charge in [-0.05, 0) is 29.5 Å². The molecule has 0 aromatic heterocycles. The van der Waals surface area contributed by atoms with Crippen molar-refractivity contribution in [2.24, 2.45) is 0 Å². The molecule has 2 heteroatoms. The summed E-state index contributed by atoms with van der Waals surface area (Å²) < 4.78 is 5.24. The highest BCUT2D eigenvalue weighted by atomic mass is 16.5. The highest BCUT2D eigenvalue weighted by Crippen LogP contribution is 2.27. The summed E-state index contributed by atoms with van der Waals surface area (Å²) in [7, 11) is 0. The first kappa shape index (κ1) is 12.1. The highest BCUT2D eigenvalue weighted by molar-refractivity contribution is 5.31. The molecule has 0 unspecified atom stereocenters. The van der Waals surface area contributed by atoms with Crippen LogP contribution in [0, 0.1) is 0 Å². The fraction of sp³-hybridized carbons (Fsp3) is 0.538. The molecule has 0 aliphatic carbocycles. The summed E-state index contributed by atoms with van der Waals surface area (Å²) in [6.45, 7) is 6.68. The van der Waals surface area contributed by atoms with Crippen molar-refractivity contribution < 1.29 is 9.84 Å². The minimum absolute atomic E-state index is 0.192. The maximum absolute atomic E-state index is 10.3. The zero-order valence-electron chi connectivity index (χ0n) is 9.75. The van der Waals surface area contributed by atoms with Crippen LogP contribution in [0.2, 0.25) is 0 Å². The normalized spacial score (nSPS) is 11.5. The summed E-state index contributed by atoms with van der Waals surface area (Å²) in [5, 5.41) is 10.3. The summed E-state index contributed by atoms with van der Waals surface area (Å²) in [5.74, 6) is 0.779. The lowest BCUT2D eigenvalue weighted by Crippen LogP contribution is -2.15. The Kier molecular flexibility index (Phi) is 4.15. The first-order valence-electron chi connectivity index (χ1n) is 5.41. The number of hydrogen-bond acceptors (Lipinski definition) is 1. The van der Waals surface area contributed by atoms with Gasteiger partial charge in [-0.3, -0.25) is 0 Å². The fourth-order valence-corrected chi connectivity index (χ4v) is 1.37. The minimum atomic E-state index is -0.192. The SMILES string of the molecule is CCC(C)(C)c1ccc(OCC[O])cc1. The van der Waals surface area contributed by atoms with Crippen LogP contribution in [0.25, 0.3) is 0 Å². The predicted molar refractivity (Wildman–Crippen MR) is 60.8 cm³/mol. The lowest BCUT2D eigenvalue weighted by molar-refractivity contribution is 0.138. The van der Waals surface area contributed by atoms with Crippen molar-refractivity contribution >= 4 is 0 Å². The largest absolute Gasteiger partial charge is 0.491 e. The van der Waals surface area contributed by atoms with Crippen LogP contribution in [0.1, 0.15) is 32.8 Å². The van der Waals surface area contributed by atoms with Crippen molar-refractivity contribution in [2.45, 2.75) is 32.6 Å². The predicted octanol–water partition coefficient (Wildman–Crippen LogP) is 3.18. The summed E-state index contributed by atoms with van der Waals surface area (Å²) in [6.07, 6.45) is 1.10. The monoisotopic (exact) mass is 207 g/mol. The van der Waals surface area contributed by atoms with Gasteiger partial charge >= 0.3 is 0 Å². The highest BCUT2D eigenvalue weighted by Gasteiger charge is 2.17. The number of benzene rings is 1. The van der Waals surface area contributed by atoms with Crippen LogP contribution in [0.3, 0.4) is 0 Å². The lowest BCUT2D eigenvalue weighted by atomic mass is 9.82. The van der Waals surface area contributed by atoms with Gasteiger partial charge in [0.15, 0.2) is 0 Å². The van der Waals surface area contributed by atoms with Crippen molar-refractivity contribution in [3.8, 4) is 5.75 Å². The van der Waals surface area contributed by atoms with Crippen LogP contribution in [0.15, 0.2) is 24.3 Å². The minimum Gasteiger partial charge on any atom is -0.491 e. The molecular formula is C13H19O2. The zero-order valence-corrected chi connectivity index (χ0v) is 9.75. The Balaban J connectivity index is 2.72. The third-order valence-corrected chi connectivity index (χ3v) is 2.87. The van der Waals surface area contributed by atoms with Crippen LogP contribution in [-0.2, 0) is 10.5 Å². The second-order valence-electron chi connectivity index (χ2n) is 4.31. The molecule has 0 N–H and O–H groups in total. The molecule has 0 fully saturated rings. The zero-order chi connectivity index (χ0) is 11.3. The van der Waals surface area contributed by atoms with E-state index in [1.165, 1.54) is 5.56 Å². The second-order valence-corrected chi connectivity index (χ2v) is 4.31. The Labute approximate surface area is 91.9 Å². The van der Waals surface area contributed by atoms with Crippen molar-refractivity contribution in [3.05, 3.63) is 29.8 Å². The maximum Gasteiger partial charge on any atom is 0.119 e. The summed E-state index contributed by atoms with van der Waals surface area (Å²) >= 11 is 0. The Morgan fingerprint density at radius 1 is 1.20 bits per heavy atom. The third-order valence-electron chi connectivity index (χ3n) is 2.87. The van der Waals surface area contributed by atoms with Crippen LogP contribution in [-0.4, -0.2) is 13.2 Å². The molecule has 0 saturated heterocycles. The van der Waals surface area contributed by atoms with E-state index in [4.69, 9.17) is 4.74 Å². The van der Waals surface area contributed by atoms with E-state index >= 15 is 0 Å². The van der Waals surface area contributed by atoms with Gasteiger partial charge in [-0.2, -0.15) is 0 Å². The summed E-state index contributed by atoms with van der Waals surface area (Å²) in [4.78, 5) is 0. The van der Waals surface area contributed by atoms with Crippen molar-refractivity contribution in [1.82, 2.24) is 0 Å². The molecule has 0 aliphatic rings. The number of rotatable bonds is 5. The number of ether oxygens (including phenoxy) is 1. The first-order chi connectivity index (χ1) is 7.10. The van der Waals surface area contributed by atoms with Crippen molar-refractivity contribution in [1.29, 1.82) is 0 Å². The summed E-state index contributed by atoms with van der Waals surface area (Å²) in [6, 6.07) is 8.01. The van der Waals surface area contributed by atoms with E-state index in [1.807, 2.05) is 12.1 Å². The van der Waals surface area contributed by atoms with E-state index in [0.717, 1.165) is 12.2 Å². The van der Waals surface area contributed by atoms with Crippen molar-refractivity contribution in [3.63, 3.8) is 0 Å². The smallest absolute Gasteiger partial charge is 0.119 e. The van der Waals surface area contributed by atoms with E-state index < -0.39 is 0 Å². The van der Waals surface area contributed by atoms with E-state index in [9.17, 15) is 5.11 Å². The second kappa shape index (κ2) is 5.17. The van der Waals surface area contributed by atoms with Gasteiger partial charge in [-0.25, -0.2) is 5.11 Å². The van der Waals surface area contributed by atoms with E-state index in [1.54, 1.807) is 0 Å². The van der Waals surface area contributed by atoms with Gasteiger partial charge < -0.3 is 4.74 Å². The lowest BCUT2D eigenvalue weighted by Gasteiger charge is -2.23. The molecular weight excluding hydrogens is 188 g/mol. The molecule has 1 rings (SSSR count). The van der Waals surface area contributed by atoms with Crippen molar-refractivity contribution in [2.75, 3.05) is 13.2 Å². The molecule has 1 aromatic rings. The average molecular weight is 207 g/mol. The molecule has 0 saturated carbocycles. The van der Waals surface area contributed by atoms with Gasteiger partial charge in [-0.1, -0.05) is 32.9 Å². The topological polar surface area (TPSA) is 29.1 Å². The Bertz CT molecular complexity index is 288. The molecule has 0 spiro atoms. The average Bonchev–Trinajstić information content (AvgIpc) is 2.27. The third kappa shape index (κ3) is 3.24. The first-order valence-corrected chi connectivity index (χ1v) is 5.41. The van der Waals surface area contributed by atoms with Crippen LogP contribution in [0.5, 0.6) is 5.75 Å². The standard InChI is InChI=1S/C13H19O2/c1-4-13(2,3)11-5-7-12(8-6-11)15-10-9-14/h5-8H,4,9-10H2,1-3H3. The molecule has 1 radical (unpaired) electrons. The van der Waals surface area contributed by atoms with E-state index in [0.29, 0.717) is 0 Å². The van der Waals surface area contributed by atoms with Gasteiger partial charge in [0.25, 0.3) is 0 Å². The molecule has 0 heterocycles. The molecule has 15 heavy (non-hydrogen) atoms. The molecule has 0 bridgehead atoms. The molecule has 0 amide bonds. The number of hydrogen-bond donors (Lipinski definition) is 0. The Morgan fingerprint density at radius 3 is 2.27 bits per heavy atom. The van der Waals surface area contributed by atoms with Crippen LogP contribution in [0.4, 0.5) is 0 Å². The van der Waals surface area contributed by atoms with E-state index in [2.05, 4.69) is 32.9 Å². The van der Waals surface area contributed by atoms with Crippen LogP contribution >= 0.6 is 0 Å².